The summed E-state index contributed by atoms with van der Waals surface area (Å²) in [5.74, 6) is 0.0641. The van der Waals surface area contributed by atoms with Crippen LogP contribution in [0.5, 0.6) is 0 Å². The molecule has 0 aromatic rings. The van der Waals surface area contributed by atoms with E-state index in [-0.39, 0.29) is 23.5 Å². The highest BCUT2D eigenvalue weighted by atomic mass is 16.5. The van der Waals surface area contributed by atoms with Gasteiger partial charge in [0.15, 0.2) is 5.90 Å². The highest BCUT2D eigenvalue weighted by molar-refractivity contribution is 5.99. The van der Waals surface area contributed by atoms with Crippen LogP contribution >= 0.6 is 0 Å². The van der Waals surface area contributed by atoms with Gasteiger partial charge < -0.3 is 4.74 Å². The molecule has 0 radical (unpaired) electrons. The van der Waals surface area contributed by atoms with Gasteiger partial charge in [-0.1, -0.05) is 20.8 Å². The van der Waals surface area contributed by atoms with E-state index in [1.807, 2.05) is 20.8 Å². The summed E-state index contributed by atoms with van der Waals surface area (Å²) in [6, 6.07) is 0. The topological polar surface area (TPSA) is 50.1 Å². The van der Waals surface area contributed by atoms with Crippen LogP contribution in [0, 0.1) is 10.8 Å². The molecule has 0 aliphatic carbocycles. The number of methoxy groups -OCH3 is 1. The van der Waals surface area contributed by atoms with E-state index in [0.717, 1.165) is 0 Å². The molecule has 1 N–H and O–H groups in total. The number of carbonyl (C=O) groups is 1. The van der Waals surface area contributed by atoms with Crippen LogP contribution in [0.25, 0.3) is 0 Å². The van der Waals surface area contributed by atoms with Crippen LogP contribution in [-0.4, -0.2) is 18.8 Å². The second-order valence-corrected chi connectivity index (χ2v) is 3.48. The number of Topliss-reactive ketones (excluding diaryl/α,β-unsaturated/α-hetero) is 1. The lowest BCUT2D eigenvalue weighted by Gasteiger charge is -2.15. The second kappa shape index (κ2) is 3.51. The minimum Gasteiger partial charge on any atom is -0.484 e. The van der Waals surface area contributed by atoms with Crippen molar-refractivity contribution < 1.29 is 9.53 Å². The monoisotopic (exact) mass is 157 g/mol. The molecule has 0 bridgehead atoms. The zero-order valence-electron chi connectivity index (χ0n) is 7.52. The fourth-order valence-corrected chi connectivity index (χ4v) is 0.483. The van der Waals surface area contributed by atoms with Crippen molar-refractivity contribution in [2.45, 2.75) is 27.2 Å². The van der Waals surface area contributed by atoms with E-state index in [4.69, 9.17) is 5.41 Å². The third kappa shape index (κ3) is 3.75. The lowest BCUT2D eigenvalue weighted by Crippen LogP contribution is -2.23. The zero-order valence-corrected chi connectivity index (χ0v) is 7.52. The van der Waals surface area contributed by atoms with Gasteiger partial charge in [-0.3, -0.25) is 10.2 Å². The fraction of sp³-hybridized carbons (Fsp3) is 0.750. The summed E-state index contributed by atoms with van der Waals surface area (Å²) in [7, 11) is 1.40. The predicted octanol–water partition coefficient (Wildman–Crippen LogP) is 1.62. The Labute approximate surface area is 67.3 Å². The van der Waals surface area contributed by atoms with Crippen molar-refractivity contribution >= 4 is 11.7 Å². The van der Waals surface area contributed by atoms with Gasteiger partial charge in [-0.25, -0.2) is 0 Å². The molecular formula is C8H15NO2. The number of carbonyl (C=O) groups excluding carboxylic acids is 1. The summed E-state index contributed by atoms with van der Waals surface area (Å²) >= 11 is 0. The summed E-state index contributed by atoms with van der Waals surface area (Å²) in [5, 5.41) is 7.10. The molecule has 0 spiro atoms. The molecule has 0 amide bonds. The smallest absolute Gasteiger partial charge is 0.187 e. The number of ketones is 1. The van der Waals surface area contributed by atoms with Gasteiger partial charge in [0.1, 0.15) is 5.78 Å². The molecule has 0 heterocycles. The van der Waals surface area contributed by atoms with Crippen molar-refractivity contribution in [1.82, 2.24) is 0 Å². The van der Waals surface area contributed by atoms with Gasteiger partial charge in [0.05, 0.1) is 13.5 Å². The summed E-state index contributed by atoms with van der Waals surface area (Å²) in [5.41, 5.74) is -0.370. The third-order valence-corrected chi connectivity index (χ3v) is 1.40. The highest BCUT2D eigenvalue weighted by Crippen LogP contribution is 2.16. The van der Waals surface area contributed by atoms with E-state index in [1.54, 1.807) is 0 Å². The Bertz CT molecular complexity index is 167. The maximum Gasteiger partial charge on any atom is 0.187 e. The van der Waals surface area contributed by atoms with Crippen molar-refractivity contribution in [3.8, 4) is 0 Å². The molecule has 0 saturated heterocycles. The molecule has 0 saturated carbocycles. The Kier molecular flexibility index (Phi) is 3.23. The zero-order chi connectivity index (χ0) is 9.07. The Balaban J connectivity index is 3.99. The predicted molar refractivity (Wildman–Crippen MR) is 43.8 cm³/mol. The standard InChI is InChI=1S/C8H15NO2/c1-8(2,3)6(10)5-7(9)11-4/h9H,5H2,1-4H3. The van der Waals surface area contributed by atoms with E-state index in [2.05, 4.69) is 4.74 Å². The van der Waals surface area contributed by atoms with Crippen LogP contribution in [0.2, 0.25) is 0 Å². The Morgan fingerprint density at radius 3 is 2.18 bits per heavy atom. The van der Waals surface area contributed by atoms with Crippen LogP contribution in [0.3, 0.4) is 0 Å². The van der Waals surface area contributed by atoms with Crippen molar-refractivity contribution in [2.75, 3.05) is 7.11 Å². The second-order valence-electron chi connectivity index (χ2n) is 3.48. The molecule has 3 heteroatoms. The number of nitrogens with one attached hydrogen (secondary N) is 1. The number of ether oxygens (including phenoxy) is 1. The molecular weight excluding hydrogens is 142 g/mol. The molecule has 3 nitrogen and oxygen atoms in total. The molecule has 0 aliphatic rings. The Morgan fingerprint density at radius 2 is 1.91 bits per heavy atom. The summed E-state index contributed by atoms with van der Waals surface area (Å²) < 4.78 is 4.58. The molecule has 0 aliphatic heterocycles. The maximum atomic E-state index is 11.2. The lowest BCUT2D eigenvalue weighted by molar-refractivity contribution is -0.125. The van der Waals surface area contributed by atoms with E-state index in [9.17, 15) is 4.79 Å². The largest absolute Gasteiger partial charge is 0.484 e. The van der Waals surface area contributed by atoms with Crippen LogP contribution < -0.4 is 0 Å². The first kappa shape index (κ1) is 10.1. The lowest BCUT2D eigenvalue weighted by atomic mass is 9.89. The number of rotatable bonds is 2. The maximum absolute atomic E-state index is 11.2. The van der Waals surface area contributed by atoms with E-state index < -0.39 is 0 Å². The summed E-state index contributed by atoms with van der Waals surface area (Å²) in [6.45, 7) is 5.49. The molecule has 0 atom stereocenters. The first-order valence-corrected chi connectivity index (χ1v) is 3.52. The molecule has 11 heavy (non-hydrogen) atoms. The van der Waals surface area contributed by atoms with Crippen LogP contribution in [0.1, 0.15) is 27.2 Å². The molecule has 0 fully saturated rings. The van der Waals surface area contributed by atoms with Crippen molar-refractivity contribution in [3.05, 3.63) is 0 Å². The summed E-state index contributed by atoms with van der Waals surface area (Å²) in [4.78, 5) is 11.2. The molecule has 0 aromatic carbocycles. The van der Waals surface area contributed by atoms with Crippen molar-refractivity contribution in [3.63, 3.8) is 0 Å². The number of hydrogen-bond donors (Lipinski definition) is 1. The van der Waals surface area contributed by atoms with Gasteiger partial charge >= 0.3 is 0 Å². The fourth-order valence-electron chi connectivity index (χ4n) is 0.483. The van der Waals surface area contributed by atoms with Crippen molar-refractivity contribution in [1.29, 1.82) is 5.41 Å². The Hall–Kier alpha value is -0.860. The first-order chi connectivity index (χ1) is 4.88. The van der Waals surface area contributed by atoms with Crippen molar-refractivity contribution in [2.24, 2.45) is 5.41 Å². The molecule has 0 unspecified atom stereocenters. The Morgan fingerprint density at radius 1 is 1.45 bits per heavy atom. The first-order valence-electron chi connectivity index (χ1n) is 3.52. The molecule has 0 aromatic heterocycles. The van der Waals surface area contributed by atoms with Gasteiger partial charge in [0.25, 0.3) is 0 Å². The van der Waals surface area contributed by atoms with Crippen LogP contribution in [0.15, 0.2) is 0 Å². The molecule has 0 rings (SSSR count). The van der Waals surface area contributed by atoms with Crippen LogP contribution in [-0.2, 0) is 9.53 Å². The van der Waals surface area contributed by atoms with E-state index in [0.29, 0.717) is 0 Å². The van der Waals surface area contributed by atoms with E-state index in [1.165, 1.54) is 7.11 Å². The van der Waals surface area contributed by atoms with Gasteiger partial charge in [-0.2, -0.15) is 0 Å². The minimum absolute atomic E-state index is 0.0318. The highest BCUT2D eigenvalue weighted by Gasteiger charge is 2.22. The van der Waals surface area contributed by atoms with E-state index >= 15 is 0 Å². The van der Waals surface area contributed by atoms with Crippen LogP contribution in [0.4, 0.5) is 0 Å². The van der Waals surface area contributed by atoms with Gasteiger partial charge in [0, 0.05) is 5.41 Å². The quantitative estimate of drug-likeness (QED) is 0.489. The third-order valence-electron chi connectivity index (χ3n) is 1.40. The van der Waals surface area contributed by atoms with Gasteiger partial charge in [-0.15, -0.1) is 0 Å². The normalized spacial score (nSPS) is 10.9. The SMILES string of the molecule is COC(=N)CC(=O)C(C)(C)C. The molecule has 64 valence electrons. The van der Waals surface area contributed by atoms with Gasteiger partial charge in [0.2, 0.25) is 0 Å². The number of hydrogen-bond acceptors (Lipinski definition) is 3. The average Bonchev–Trinajstić information content (AvgIpc) is 1.85. The van der Waals surface area contributed by atoms with Gasteiger partial charge in [-0.05, 0) is 0 Å². The average molecular weight is 157 g/mol. The minimum atomic E-state index is -0.370. The summed E-state index contributed by atoms with van der Waals surface area (Å²) in [6.07, 6.45) is 0.0972.